The Hall–Kier alpha value is -0.820. The van der Waals surface area contributed by atoms with Gasteiger partial charge in [-0.05, 0) is 37.8 Å². The lowest BCUT2D eigenvalue weighted by atomic mass is 9.86. The standard InChI is InChI=1S/C18H31N/c1-5-8-11-16(7-3)18(19-13-6-2)17-12-9-10-15(4)14-17/h9-10,12,14,16,18-19H,5-8,11,13H2,1-4H3. The highest BCUT2D eigenvalue weighted by molar-refractivity contribution is 5.25. The molecule has 0 aliphatic carbocycles. The quantitative estimate of drug-likeness (QED) is 0.640. The molecule has 0 radical (unpaired) electrons. The van der Waals surface area contributed by atoms with Crippen LogP contribution in [0.1, 0.15) is 70.0 Å². The minimum atomic E-state index is 0.524. The van der Waals surface area contributed by atoms with Gasteiger partial charge in [0.15, 0.2) is 0 Å². The van der Waals surface area contributed by atoms with Crippen molar-refractivity contribution in [2.45, 2.75) is 65.8 Å². The molecular weight excluding hydrogens is 230 g/mol. The second kappa shape index (κ2) is 9.14. The molecule has 1 N–H and O–H groups in total. The number of nitrogens with one attached hydrogen (secondary N) is 1. The Morgan fingerprint density at radius 2 is 1.89 bits per heavy atom. The fourth-order valence-corrected chi connectivity index (χ4v) is 2.79. The summed E-state index contributed by atoms with van der Waals surface area (Å²) < 4.78 is 0. The summed E-state index contributed by atoms with van der Waals surface area (Å²) in [5.41, 5.74) is 2.84. The molecule has 0 fully saturated rings. The van der Waals surface area contributed by atoms with Crippen LogP contribution in [0.2, 0.25) is 0 Å². The van der Waals surface area contributed by atoms with E-state index in [0.717, 1.165) is 12.5 Å². The summed E-state index contributed by atoms with van der Waals surface area (Å²) in [6, 6.07) is 9.54. The predicted molar refractivity (Wildman–Crippen MR) is 85.5 cm³/mol. The highest BCUT2D eigenvalue weighted by Crippen LogP contribution is 2.29. The van der Waals surface area contributed by atoms with Crippen molar-refractivity contribution in [3.05, 3.63) is 35.4 Å². The molecule has 0 aliphatic heterocycles. The molecular formula is C18H31N. The SMILES string of the molecule is CCCCC(CC)C(NCCC)c1cccc(C)c1. The first-order valence-electron chi connectivity index (χ1n) is 8.02. The van der Waals surface area contributed by atoms with E-state index in [1.54, 1.807) is 0 Å². The highest BCUT2D eigenvalue weighted by Gasteiger charge is 2.20. The number of aryl methyl sites for hydroxylation is 1. The van der Waals surface area contributed by atoms with Crippen LogP contribution >= 0.6 is 0 Å². The summed E-state index contributed by atoms with van der Waals surface area (Å²) >= 11 is 0. The van der Waals surface area contributed by atoms with E-state index in [0.29, 0.717) is 6.04 Å². The Morgan fingerprint density at radius 3 is 2.47 bits per heavy atom. The summed E-state index contributed by atoms with van der Waals surface area (Å²) in [5, 5.41) is 3.77. The predicted octanol–water partition coefficient (Wildman–Crippen LogP) is 5.25. The van der Waals surface area contributed by atoms with Gasteiger partial charge in [-0.3, -0.25) is 0 Å². The Labute approximate surface area is 119 Å². The van der Waals surface area contributed by atoms with Crippen LogP contribution in [0.25, 0.3) is 0 Å². The number of hydrogen-bond donors (Lipinski definition) is 1. The fraction of sp³-hybridized carbons (Fsp3) is 0.667. The average Bonchev–Trinajstić information content (AvgIpc) is 2.42. The van der Waals surface area contributed by atoms with Gasteiger partial charge in [0.1, 0.15) is 0 Å². The maximum absolute atomic E-state index is 3.77. The number of unbranched alkanes of at least 4 members (excludes halogenated alkanes) is 1. The molecule has 0 aliphatic rings. The molecule has 0 amide bonds. The molecule has 1 rings (SSSR count). The maximum Gasteiger partial charge on any atom is 0.0348 e. The molecule has 2 atom stereocenters. The van der Waals surface area contributed by atoms with Crippen LogP contribution < -0.4 is 5.32 Å². The van der Waals surface area contributed by atoms with Crippen LogP contribution in [0.5, 0.6) is 0 Å². The van der Waals surface area contributed by atoms with Gasteiger partial charge in [-0.15, -0.1) is 0 Å². The lowest BCUT2D eigenvalue weighted by molar-refractivity contribution is 0.323. The third-order valence-electron chi connectivity index (χ3n) is 3.94. The van der Waals surface area contributed by atoms with Crippen molar-refractivity contribution >= 4 is 0 Å². The summed E-state index contributed by atoms with van der Waals surface area (Å²) in [5.74, 6) is 0.758. The van der Waals surface area contributed by atoms with E-state index in [1.807, 2.05) is 0 Å². The Balaban J connectivity index is 2.85. The molecule has 1 nitrogen and oxygen atoms in total. The van der Waals surface area contributed by atoms with Crippen LogP contribution in [0.3, 0.4) is 0 Å². The first-order valence-corrected chi connectivity index (χ1v) is 8.02. The minimum absolute atomic E-state index is 0.524. The molecule has 0 bridgehead atoms. The summed E-state index contributed by atoms with van der Waals surface area (Å²) in [4.78, 5) is 0. The molecule has 0 aromatic heterocycles. The van der Waals surface area contributed by atoms with Crippen molar-refractivity contribution < 1.29 is 0 Å². The number of benzene rings is 1. The Morgan fingerprint density at radius 1 is 1.11 bits per heavy atom. The molecule has 0 spiro atoms. The molecule has 1 aromatic carbocycles. The molecule has 2 unspecified atom stereocenters. The summed E-state index contributed by atoms with van der Waals surface area (Å²) in [7, 11) is 0. The van der Waals surface area contributed by atoms with Crippen LogP contribution in [0.4, 0.5) is 0 Å². The van der Waals surface area contributed by atoms with E-state index in [1.165, 1.54) is 43.2 Å². The molecule has 1 heteroatoms. The third kappa shape index (κ3) is 5.36. The molecule has 0 saturated carbocycles. The molecule has 0 saturated heterocycles. The first-order chi connectivity index (χ1) is 9.22. The summed E-state index contributed by atoms with van der Waals surface area (Å²) in [6.45, 7) is 10.2. The van der Waals surface area contributed by atoms with E-state index >= 15 is 0 Å². The van der Waals surface area contributed by atoms with Crippen LogP contribution in [0, 0.1) is 12.8 Å². The van der Waals surface area contributed by atoms with Crippen LogP contribution in [-0.2, 0) is 0 Å². The zero-order chi connectivity index (χ0) is 14.1. The zero-order valence-electron chi connectivity index (χ0n) is 13.2. The number of rotatable bonds is 9. The van der Waals surface area contributed by atoms with E-state index in [-0.39, 0.29) is 0 Å². The molecule has 0 heterocycles. The van der Waals surface area contributed by atoms with Gasteiger partial charge in [0, 0.05) is 6.04 Å². The second-order valence-corrected chi connectivity index (χ2v) is 5.66. The van der Waals surface area contributed by atoms with Gasteiger partial charge < -0.3 is 5.32 Å². The van der Waals surface area contributed by atoms with Crippen molar-refractivity contribution in [2.75, 3.05) is 6.54 Å². The lowest BCUT2D eigenvalue weighted by Crippen LogP contribution is -2.29. The van der Waals surface area contributed by atoms with Gasteiger partial charge in [-0.1, -0.05) is 69.9 Å². The first kappa shape index (κ1) is 16.2. The topological polar surface area (TPSA) is 12.0 Å². The van der Waals surface area contributed by atoms with E-state index in [4.69, 9.17) is 0 Å². The maximum atomic E-state index is 3.77. The monoisotopic (exact) mass is 261 g/mol. The van der Waals surface area contributed by atoms with Crippen molar-refractivity contribution in [3.8, 4) is 0 Å². The van der Waals surface area contributed by atoms with Crippen molar-refractivity contribution in [1.29, 1.82) is 0 Å². The lowest BCUT2D eigenvalue weighted by Gasteiger charge is -2.28. The normalized spacial score (nSPS) is 14.3. The Kier molecular flexibility index (Phi) is 7.81. The van der Waals surface area contributed by atoms with Gasteiger partial charge >= 0.3 is 0 Å². The average molecular weight is 261 g/mol. The van der Waals surface area contributed by atoms with E-state index < -0.39 is 0 Å². The smallest absolute Gasteiger partial charge is 0.0348 e. The van der Waals surface area contributed by atoms with E-state index in [9.17, 15) is 0 Å². The van der Waals surface area contributed by atoms with Crippen molar-refractivity contribution in [1.82, 2.24) is 5.32 Å². The van der Waals surface area contributed by atoms with Gasteiger partial charge in [0.05, 0.1) is 0 Å². The highest BCUT2D eigenvalue weighted by atomic mass is 14.9. The van der Waals surface area contributed by atoms with E-state index in [2.05, 4.69) is 57.3 Å². The third-order valence-corrected chi connectivity index (χ3v) is 3.94. The molecule has 108 valence electrons. The summed E-state index contributed by atoms with van der Waals surface area (Å²) in [6.07, 6.45) is 6.43. The molecule has 19 heavy (non-hydrogen) atoms. The second-order valence-electron chi connectivity index (χ2n) is 5.66. The largest absolute Gasteiger partial charge is 0.310 e. The van der Waals surface area contributed by atoms with Crippen molar-refractivity contribution in [2.24, 2.45) is 5.92 Å². The minimum Gasteiger partial charge on any atom is -0.310 e. The Bertz CT molecular complexity index is 345. The van der Waals surface area contributed by atoms with Crippen molar-refractivity contribution in [3.63, 3.8) is 0 Å². The number of hydrogen-bond acceptors (Lipinski definition) is 1. The zero-order valence-corrected chi connectivity index (χ0v) is 13.2. The van der Waals surface area contributed by atoms with Crippen LogP contribution in [-0.4, -0.2) is 6.54 Å². The van der Waals surface area contributed by atoms with Gasteiger partial charge in [-0.2, -0.15) is 0 Å². The van der Waals surface area contributed by atoms with Gasteiger partial charge in [-0.25, -0.2) is 0 Å². The van der Waals surface area contributed by atoms with Crippen LogP contribution in [0.15, 0.2) is 24.3 Å². The molecule has 1 aromatic rings. The van der Waals surface area contributed by atoms with Gasteiger partial charge in [0.25, 0.3) is 0 Å². The van der Waals surface area contributed by atoms with Gasteiger partial charge in [0.2, 0.25) is 0 Å². The fourth-order valence-electron chi connectivity index (χ4n) is 2.79.